The fourth-order valence-corrected chi connectivity index (χ4v) is 0.979. The number of hydrogen-bond acceptors (Lipinski definition) is 5. The minimum Gasteiger partial charge on any atom is -0.390 e. The molecule has 5 heteroatoms. The maximum atomic E-state index is 9.45. The second-order valence-corrected chi connectivity index (χ2v) is 4.10. The Bertz CT molecular complexity index is 152. The predicted octanol–water partition coefficient (Wildman–Crippen LogP) is 0.699. The van der Waals surface area contributed by atoms with Gasteiger partial charge in [-0.25, -0.2) is 0 Å². The van der Waals surface area contributed by atoms with Crippen molar-refractivity contribution in [1.82, 2.24) is 0 Å². The Hall–Kier alpha value is -0.200. The van der Waals surface area contributed by atoms with Crippen molar-refractivity contribution in [2.75, 3.05) is 53.4 Å². The molecule has 0 rings (SSSR count). The van der Waals surface area contributed by atoms with Gasteiger partial charge in [0.2, 0.25) is 0 Å². The standard InChI is InChI=1S/C12H26O5/c1-11(2)12(13)10-17-9-8-16-7-6-15-5-4-14-3/h11-13H,4-10H2,1-3H3. The molecule has 0 spiro atoms. The van der Waals surface area contributed by atoms with Gasteiger partial charge in [-0.05, 0) is 5.92 Å². The van der Waals surface area contributed by atoms with Gasteiger partial charge >= 0.3 is 0 Å². The van der Waals surface area contributed by atoms with Gasteiger partial charge in [0.15, 0.2) is 0 Å². The van der Waals surface area contributed by atoms with E-state index in [2.05, 4.69) is 0 Å². The van der Waals surface area contributed by atoms with Crippen molar-refractivity contribution < 1.29 is 24.1 Å². The summed E-state index contributed by atoms with van der Waals surface area (Å²) in [6.45, 7) is 7.64. The first kappa shape index (κ1) is 16.8. The first-order valence-electron chi connectivity index (χ1n) is 6.08. The highest BCUT2D eigenvalue weighted by atomic mass is 16.6. The van der Waals surface area contributed by atoms with Crippen molar-refractivity contribution in [2.45, 2.75) is 20.0 Å². The van der Waals surface area contributed by atoms with Crippen molar-refractivity contribution >= 4 is 0 Å². The van der Waals surface area contributed by atoms with E-state index in [0.29, 0.717) is 46.2 Å². The molecule has 17 heavy (non-hydrogen) atoms. The summed E-state index contributed by atoms with van der Waals surface area (Å²) >= 11 is 0. The van der Waals surface area contributed by atoms with Gasteiger partial charge in [0, 0.05) is 7.11 Å². The Balaban J connectivity index is 3.03. The molecule has 0 saturated heterocycles. The molecule has 0 aromatic heterocycles. The van der Waals surface area contributed by atoms with Crippen molar-refractivity contribution in [1.29, 1.82) is 0 Å². The zero-order valence-electron chi connectivity index (χ0n) is 11.2. The summed E-state index contributed by atoms with van der Waals surface area (Å²) in [4.78, 5) is 0. The Labute approximate surface area is 104 Å². The van der Waals surface area contributed by atoms with E-state index >= 15 is 0 Å². The van der Waals surface area contributed by atoms with E-state index in [-0.39, 0.29) is 5.92 Å². The van der Waals surface area contributed by atoms with Crippen LogP contribution in [0.4, 0.5) is 0 Å². The highest BCUT2D eigenvalue weighted by Gasteiger charge is 2.08. The minimum absolute atomic E-state index is 0.227. The van der Waals surface area contributed by atoms with Gasteiger partial charge in [0.1, 0.15) is 0 Å². The third kappa shape index (κ3) is 12.1. The van der Waals surface area contributed by atoms with E-state index in [1.807, 2.05) is 13.8 Å². The van der Waals surface area contributed by atoms with E-state index in [9.17, 15) is 5.11 Å². The molecule has 0 aliphatic rings. The van der Waals surface area contributed by atoms with Crippen LogP contribution in [-0.4, -0.2) is 64.6 Å². The zero-order valence-corrected chi connectivity index (χ0v) is 11.2. The van der Waals surface area contributed by atoms with Crippen LogP contribution in [0.1, 0.15) is 13.8 Å². The van der Waals surface area contributed by atoms with Crippen LogP contribution in [0.15, 0.2) is 0 Å². The normalized spacial score (nSPS) is 13.2. The molecule has 0 aromatic rings. The van der Waals surface area contributed by atoms with Gasteiger partial charge in [0.05, 0.1) is 52.4 Å². The highest BCUT2D eigenvalue weighted by Crippen LogP contribution is 2.00. The van der Waals surface area contributed by atoms with Crippen LogP contribution < -0.4 is 0 Å². The smallest absolute Gasteiger partial charge is 0.0796 e. The van der Waals surface area contributed by atoms with Crippen LogP contribution in [0.5, 0.6) is 0 Å². The fourth-order valence-electron chi connectivity index (χ4n) is 0.979. The Kier molecular flexibility index (Phi) is 12.1. The first-order valence-corrected chi connectivity index (χ1v) is 6.08. The molecule has 1 unspecified atom stereocenters. The topological polar surface area (TPSA) is 57.2 Å². The number of aliphatic hydroxyl groups excluding tert-OH is 1. The maximum absolute atomic E-state index is 9.45. The number of ether oxygens (including phenoxy) is 4. The summed E-state index contributed by atoms with van der Waals surface area (Å²) in [7, 11) is 1.64. The summed E-state index contributed by atoms with van der Waals surface area (Å²) in [6.07, 6.45) is -0.396. The van der Waals surface area contributed by atoms with Crippen molar-refractivity contribution in [2.24, 2.45) is 5.92 Å². The molecule has 5 nitrogen and oxygen atoms in total. The third-order valence-corrected chi connectivity index (χ3v) is 2.23. The van der Waals surface area contributed by atoms with Gasteiger partial charge in [0.25, 0.3) is 0 Å². The van der Waals surface area contributed by atoms with E-state index in [0.717, 1.165) is 0 Å². The molecule has 0 aliphatic carbocycles. The predicted molar refractivity (Wildman–Crippen MR) is 65.2 cm³/mol. The van der Waals surface area contributed by atoms with Gasteiger partial charge in [-0.1, -0.05) is 13.8 Å². The molecule has 0 aromatic carbocycles. The summed E-state index contributed by atoms with van der Waals surface area (Å²) < 4.78 is 20.6. The zero-order chi connectivity index (χ0) is 12.9. The molecule has 0 heterocycles. The van der Waals surface area contributed by atoms with Crippen LogP contribution in [0, 0.1) is 5.92 Å². The average molecular weight is 250 g/mol. The lowest BCUT2D eigenvalue weighted by Crippen LogP contribution is -2.22. The third-order valence-electron chi connectivity index (χ3n) is 2.23. The van der Waals surface area contributed by atoms with Crippen molar-refractivity contribution in [3.05, 3.63) is 0 Å². The second kappa shape index (κ2) is 12.3. The van der Waals surface area contributed by atoms with E-state index in [1.165, 1.54) is 0 Å². The number of methoxy groups -OCH3 is 1. The molecule has 1 atom stereocenters. The molecule has 0 saturated carbocycles. The fraction of sp³-hybridized carbons (Fsp3) is 1.00. The molecule has 1 N–H and O–H groups in total. The molecule has 104 valence electrons. The van der Waals surface area contributed by atoms with Crippen molar-refractivity contribution in [3.8, 4) is 0 Å². The van der Waals surface area contributed by atoms with E-state index < -0.39 is 6.10 Å². The van der Waals surface area contributed by atoms with Crippen LogP contribution in [-0.2, 0) is 18.9 Å². The van der Waals surface area contributed by atoms with Crippen LogP contribution in [0.2, 0.25) is 0 Å². The number of rotatable bonds is 12. The first-order chi connectivity index (χ1) is 8.18. The largest absolute Gasteiger partial charge is 0.390 e. The molecule has 0 bridgehead atoms. The monoisotopic (exact) mass is 250 g/mol. The Morgan fingerprint density at radius 2 is 1.29 bits per heavy atom. The SMILES string of the molecule is COCCOCCOCCOCC(O)C(C)C. The molecule has 0 radical (unpaired) electrons. The highest BCUT2D eigenvalue weighted by molar-refractivity contribution is 4.57. The summed E-state index contributed by atoms with van der Waals surface area (Å²) in [5.41, 5.74) is 0. The van der Waals surface area contributed by atoms with Crippen LogP contribution >= 0.6 is 0 Å². The number of hydrogen-bond donors (Lipinski definition) is 1. The van der Waals surface area contributed by atoms with Gasteiger partial charge in [-0.15, -0.1) is 0 Å². The molecule has 0 fully saturated rings. The quantitative estimate of drug-likeness (QED) is 0.517. The lowest BCUT2D eigenvalue weighted by atomic mass is 10.1. The average Bonchev–Trinajstić information content (AvgIpc) is 2.31. The van der Waals surface area contributed by atoms with E-state index in [4.69, 9.17) is 18.9 Å². The molecular formula is C12H26O5. The van der Waals surface area contributed by atoms with Crippen molar-refractivity contribution in [3.63, 3.8) is 0 Å². The Morgan fingerprint density at radius 3 is 1.76 bits per heavy atom. The van der Waals surface area contributed by atoms with Gasteiger partial charge in [-0.2, -0.15) is 0 Å². The summed E-state index contributed by atoms with van der Waals surface area (Å²) in [5.74, 6) is 0.227. The minimum atomic E-state index is -0.396. The molecular weight excluding hydrogens is 224 g/mol. The number of aliphatic hydroxyl groups is 1. The molecule has 0 aliphatic heterocycles. The van der Waals surface area contributed by atoms with E-state index in [1.54, 1.807) is 7.11 Å². The summed E-state index contributed by atoms with van der Waals surface area (Å²) in [5, 5.41) is 9.45. The lowest BCUT2D eigenvalue weighted by molar-refractivity contribution is -0.0233. The Morgan fingerprint density at radius 1 is 0.824 bits per heavy atom. The maximum Gasteiger partial charge on any atom is 0.0796 e. The van der Waals surface area contributed by atoms with Gasteiger partial charge < -0.3 is 24.1 Å². The van der Waals surface area contributed by atoms with Gasteiger partial charge in [-0.3, -0.25) is 0 Å². The molecule has 0 amide bonds. The van der Waals surface area contributed by atoms with Crippen LogP contribution in [0.3, 0.4) is 0 Å². The van der Waals surface area contributed by atoms with Crippen LogP contribution in [0.25, 0.3) is 0 Å². The summed E-state index contributed by atoms with van der Waals surface area (Å²) in [6, 6.07) is 0. The lowest BCUT2D eigenvalue weighted by Gasteiger charge is -2.14. The second-order valence-electron chi connectivity index (χ2n) is 4.10.